The van der Waals surface area contributed by atoms with Crippen LogP contribution in [0.3, 0.4) is 0 Å². The normalized spacial score (nSPS) is 10.5. The van der Waals surface area contributed by atoms with Crippen LogP contribution in [0.5, 0.6) is 0 Å². The van der Waals surface area contributed by atoms with Gasteiger partial charge < -0.3 is 4.40 Å². The Morgan fingerprint density at radius 2 is 2.05 bits per heavy atom. The summed E-state index contributed by atoms with van der Waals surface area (Å²) < 4.78 is 1.86. The van der Waals surface area contributed by atoms with Crippen molar-refractivity contribution in [2.45, 2.75) is 6.42 Å². The molecule has 4 nitrogen and oxygen atoms in total. The summed E-state index contributed by atoms with van der Waals surface area (Å²) in [4.78, 5) is 8.55. The van der Waals surface area contributed by atoms with Crippen molar-refractivity contribution in [3.63, 3.8) is 0 Å². The smallest absolute Gasteiger partial charge is 0.156 e. The number of nitrogens with zero attached hydrogens (tertiary/aromatic N) is 4. The van der Waals surface area contributed by atoms with Crippen molar-refractivity contribution in [2.24, 2.45) is 0 Å². The van der Waals surface area contributed by atoms with Crippen LogP contribution < -0.4 is 0 Å². The molecule has 0 fully saturated rings. The molecule has 19 heavy (non-hydrogen) atoms. The van der Waals surface area contributed by atoms with E-state index in [1.807, 2.05) is 28.8 Å². The first-order valence-electron chi connectivity index (χ1n) is 5.74. The van der Waals surface area contributed by atoms with Crippen LogP contribution in [-0.2, 0) is 6.42 Å². The summed E-state index contributed by atoms with van der Waals surface area (Å²) in [6.45, 7) is 0. The summed E-state index contributed by atoms with van der Waals surface area (Å²) in [5, 5.41) is 9.57. The standard InChI is InChI=1S/C14H9ClN4/c15-11-2-1-9-19-12(3-6-16)13(18-14(11)19)10-4-7-17-8-5-10/h1-2,4-5,7-9H,3H2. The second-order valence-electron chi connectivity index (χ2n) is 4.03. The van der Waals surface area contributed by atoms with E-state index in [1.165, 1.54) is 0 Å². The van der Waals surface area contributed by atoms with Crippen molar-refractivity contribution in [1.82, 2.24) is 14.4 Å². The average Bonchev–Trinajstić information content (AvgIpc) is 2.81. The molecule has 0 aliphatic rings. The van der Waals surface area contributed by atoms with E-state index in [4.69, 9.17) is 16.9 Å². The quantitative estimate of drug-likeness (QED) is 0.717. The van der Waals surface area contributed by atoms with Gasteiger partial charge in [0.1, 0.15) is 0 Å². The molecule has 0 bridgehead atoms. The van der Waals surface area contributed by atoms with Gasteiger partial charge >= 0.3 is 0 Å². The lowest BCUT2D eigenvalue weighted by molar-refractivity contribution is 1.06. The van der Waals surface area contributed by atoms with Crippen LogP contribution >= 0.6 is 11.6 Å². The fourth-order valence-electron chi connectivity index (χ4n) is 2.07. The Balaban J connectivity index is 2.33. The molecular formula is C14H9ClN4. The molecule has 0 saturated carbocycles. The van der Waals surface area contributed by atoms with Crippen molar-refractivity contribution in [1.29, 1.82) is 5.26 Å². The van der Waals surface area contributed by atoms with Crippen molar-refractivity contribution in [3.8, 4) is 17.3 Å². The molecule has 0 atom stereocenters. The van der Waals surface area contributed by atoms with Gasteiger partial charge in [0.25, 0.3) is 0 Å². The predicted octanol–water partition coefficient (Wildman–Crippen LogP) is 3.12. The van der Waals surface area contributed by atoms with Crippen molar-refractivity contribution < 1.29 is 0 Å². The third-order valence-electron chi connectivity index (χ3n) is 2.90. The lowest BCUT2D eigenvalue weighted by atomic mass is 10.1. The molecule has 0 unspecified atom stereocenters. The third kappa shape index (κ3) is 1.94. The topological polar surface area (TPSA) is 54.0 Å². The van der Waals surface area contributed by atoms with E-state index in [0.29, 0.717) is 10.7 Å². The summed E-state index contributed by atoms with van der Waals surface area (Å²) >= 11 is 6.15. The minimum atomic E-state index is 0.277. The Bertz CT molecular complexity index is 771. The number of rotatable bonds is 2. The first-order valence-corrected chi connectivity index (χ1v) is 6.12. The Kier molecular flexibility index (Phi) is 2.90. The molecule has 92 valence electrons. The molecule has 0 saturated heterocycles. The Morgan fingerprint density at radius 3 is 2.79 bits per heavy atom. The van der Waals surface area contributed by atoms with Crippen LogP contribution in [0.1, 0.15) is 5.69 Å². The maximum Gasteiger partial charge on any atom is 0.156 e. The van der Waals surface area contributed by atoms with Gasteiger partial charge in [-0.2, -0.15) is 5.26 Å². The van der Waals surface area contributed by atoms with Crippen LogP contribution in [0.15, 0.2) is 42.9 Å². The molecule has 0 radical (unpaired) electrons. The first kappa shape index (κ1) is 11.7. The van der Waals surface area contributed by atoms with E-state index in [9.17, 15) is 0 Å². The van der Waals surface area contributed by atoms with Crippen molar-refractivity contribution in [2.75, 3.05) is 0 Å². The molecule has 3 heterocycles. The number of aromatic nitrogens is 3. The summed E-state index contributed by atoms with van der Waals surface area (Å²) in [6, 6.07) is 9.55. The zero-order chi connectivity index (χ0) is 13.2. The average molecular weight is 269 g/mol. The second kappa shape index (κ2) is 4.71. The van der Waals surface area contributed by atoms with Gasteiger partial charge in [-0.1, -0.05) is 11.6 Å². The molecule has 3 rings (SSSR count). The summed E-state index contributed by atoms with van der Waals surface area (Å²) in [5.74, 6) is 0. The van der Waals surface area contributed by atoms with Crippen molar-refractivity contribution >= 4 is 17.2 Å². The van der Waals surface area contributed by atoms with Crippen LogP contribution in [-0.4, -0.2) is 14.4 Å². The zero-order valence-corrected chi connectivity index (χ0v) is 10.7. The largest absolute Gasteiger partial charge is 0.301 e. The molecule has 3 aromatic rings. The molecule has 0 aromatic carbocycles. The fraction of sp³-hybridized carbons (Fsp3) is 0.0714. The number of nitriles is 1. The van der Waals surface area contributed by atoms with E-state index < -0.39 is 0 Å². The van der Waals surface area contributed by atoms with Gasteiger partial charge in [0.2, 0.25) is 0 Å². The second-order valence-corrected chi connectivity index (χ2v) is 4.43. The highest BCUT2D eigenvalue weighted by Gasteiger charge is 2.15. The monoisotopic (exact) mass is 268 g/mol. The van der Waals surface area contributed by atoms with Gasteiger partial charge in [0, 0.05) is 24.2 Å². The highest BCUT2D eigenvalue weighted by atomic mass is 35.5. The maximum absolute atomic E-state index is 9.00. The van der Waals surface area contributed by atoms with Gasteiger partial charge in [-0.3, -0.25) is 4.98 Å². The fourth-order valence-corrected chi connectivity index (χ4v) is 2.27. The summed E-state index contributed by atoms with van der Waals surface area (Å²) in [7, 11) is 0. The Hall–Kier alpha value is -2.38. The van der Waals surface area contributed by atoms with Gasteiger partial charge in [-0.15, -0.1) is 0 Å². The van der Waals surface area contributed by atoms with E-state index >= 15 is 0 Å². The highest BCUT2D eigenvalue weighted by Crippen LogP contribution is 2.27. The van der Waals surface area contributed by atoms with Crippen LogP contribution in [0.25, 0.3) is 16.9 Å². The number of imidazole rings is 1. The van der Waals surface area contributed by atoms with Crippen LogP contribution in [0.4, 0.5) is 0 Å². The lowest BCUT2D eigenvalue weighted by Gasteiger charge is -2.00. The molecule has 0 spiro atoms. The molecule has 5 heteroatoms. The van der Waals surface area contributed by atoms with Crippen molar-refractivity contribution in [3.05, 3.63) is 53.6 Å². The van der Waals surface area contributed by atoms with E-state index in [2.05, 4.69) is 16.0 Å². The zero-order valence-electron chi connectivity index (χ0n) is 9.92. The van der Waals surface area contributed by atoms with Gasteiger partial charge in [-0.05, 0) is 24.3 Å². The Labute approximate surface area is 114 Å². The number of fused-ring (bicyclic) bond motifs is 1. The minimum Gasteiger partial charge on any atom is -0.301 e. The van der Waals surface area contributed by atoms with Gasteiger partial charge in [0.15, 0.2) is 5.65 Å². The molecule has 0 amide bonds. The lowest BCUT2D eigenvalue weighted by Crippen LogP contribution is -1.93. The van der Waals surface area contributed by atoms with Gasteiger partial charge in [-0.25, -0.2) is 4.98 Å². The molecule has 0 aliphatic carbocycles. The number of pyridine rings is 2. The number of halogens is 1. The van der Waals surface area contributed by atoms with E-state index in [1.54, 1.807) is 18.5 Å². The summed E-state index contributed by atoms with van der Waals surface area (Å²) in [5.41, 5.74) is 3.21. The Morgan fingerprint density at radius 1 is 1.26 bits per heavy atom. The maximum atomic E-state index is 9.00. The predicted molar refractivity (Wildman–Crippen MR) is 72.8 cm³/mol. The first-order chi connectivity index (χ1) is 9.31. The third-order valence-corrected chi connectivity index (χ3v) is 3.20. The van der Waals surface area contributed by atoms with E-state index in [-0.39, 0.29) is 6.42 Å². The minimum absolute atomic E-state index is 0.277. The molecule has 0 N–H and O–H groups in total. The SMILES string of the molecule is N#CCc1c(-c2ccncc2)nc2c(Cl)cccn12. The van der Waals surface area contributed by atoms with E-state index in [0.717, 1.165) is 17.0 Å². The molecule has 3 aromatic heterocycles. The number of hydrogen-bond acceptors (Lipinski definition) is 3. The van der Waals surface area contributed by atoms with Crippen LogP contribution in [0.2, 0.25) is 5.02 Å². The van der Waals surface area contributed by atoms with Crippen LogP contribution in [0, 0.1) is 11.3 Å². The number of hydrogen-bond donors (Lipinski definition) is 0. The summed E-state index contributed by atoms with van der Waals surface area (Å²) in [6.07, 6.45) is 5.55. The molecular weight excluding hydrogens is 260 g/mol. The molecule has 0 aliphatic heterocycles. The highest BCUT2D eigenvalue weighted by molar-refractivity contribution is 6.33. The van der Waals surface area contributed by atoms with Gasteiger partial charge in [0.05, 0.1) is 28.9 Å².